The molecular weight excluding hydrogens is 700 g/mol. The standard InChI is InChI=1S/C43H52N4O8/c1-6-27(3)37(44)40(50)45-38(28(4)7-2)41(51)55-33-23-35(47-25-29(5)39(49)46-42(47)52)54-34(33)26-53-36(48)24-43(30-17-11-8-12-18-30,31-19-13-9-14-20-31)32-21-15-10-16-22-32/h8-22,25,27-28,33-35,37-38H,6-7,23-24,26,44H2,1-5H3,(H,45,50)(H,46,49,52)/t27?,28?,33-,34+,35+,37-,38-/m0/s1. The number of nitrogens with one attached hydrogen (secondary N) is 2. The largest absolute Gasteiger partial charge is 0.463 e. The Hall–Kier alpha value is -5.33. The Balaban J connectivity index is 1.43. The lowest BCUT2D eigenvalue weighted by Gasteiger charge is -2.35. The Morgan fingerprint density at radius 3 is 1.93 bits per heavy atom. The van der Waals surface area contributed by atoms with Gasteiger partial charge in [0.1, 0.15) is 31.1 Å². The minimum absolute atomic E-state index is 0.00882. The Kier molecular flexibility index (Phi) is 13.6. The summed E-state index contributed by atoms with van der Waals surface area (Å²) in [6.07, 6.45) is -0.381. The summed E-state index contributed by atoms with van der Waals surface area (Å²) in [6, 6.07) is 27.4. The van der Waals surface area contributed by atoms with E-state index in [4.69, 9.17) is 19.9 Å². The predicted octanol–water partition coefficient (Wildman–Crippen LogP) is 4.92. The van der Waals surface area contributed by atoms with E-state index in [0.29, 0.717) is 12.8 Å². The highest BCUT2D eigenvalue weighted by molar-refractivity contribution is 5.87. The number of ether oxygens (including phenoxy) is 3. The van der Waals surface area contributed by atoms with Crippen LogP contribution in [0, 0.1) is 18.8 Å². The lowest BCUT2D eigenvalue weighted by Crippen LogP contribution is -2.53. The molecule has 0 spiro atoms. The van der Waals surface area contributed by atoms with Gasteiger partial charge in [0.05, 0.1) is 17.9 Å². The molecule has 0 radical (unpaired) electrons. The summed E-state index contributed by atoms with van der Waals surface area (Å²) < 4.78 is 19.6. The minimum atomic E-state index is -1.02. The second-order valence-electron chi connectivity index (χ2n) is 14.5. The zero-order chi connectivity index (χ0) is 39.7. The maximum Gasteiger partial charge on any atom is 0.330 e. The lowest BCUT2D eigenvalue weighted by molar-refractivity contribution is -0.162. The first-order valence-corrected chi connectivity index (χ1v) is 19.0. The number of benzene rings is 3. The molecule has 1 aliphatic heterocycles. The number of hydrogen-bond donors (Lipinski definition) is 3. The van der Waals surface area contributed by atoms with E-state index < -0.39 is 65.0 Å². The van der Waals surface area contributed by atoms with Gasteiger partial charge in [-0.1, -0.05) is 132 Å². The second-order valence-corrected chi connectivity index (χ2v) is 14.5. The van der Waals surface area contributed by atoms with E-state index in [1.54, 1.807) is 6.92 Å². The first-order chi connectivity index (χ1) is 26.4. The molecule has 55 heavy (non-hydrogen) atoms. The highest BCUT2D eigenvalue weighted by atomic mass is 16.6. The van der Waals surface area contributed by atoms with Crippen molar-refractivity contribution in [2.75, 3.05) is 6.61 Å². The normalized spacial score (nSPS) is 19.1. The molecule has 292 valence electrons. The molecule has 0 saturated carbocycles. The Bertz CT molecular complexity index is 1920. The van der Waals surface area contributed by atoms with Crippen molar-refractivity contribution in [3.63, 3.8) is 0 Å². The van der Waals surface area contributed by atoms with Gasteiger partial charge in [0.2, 0.25) is 5.91 Å². The maximum atomic E-state index is 14.1. The number of esters is 2. The average Bonchev–Trinajstić information content (AvgIpc) is 3.61. The summed E-state index contributed by atoms with van der Waals surface area (Å²) in [5.41, 5.74) is 7.02. The van der Waals surface area contributed by atoms with Crippen molar-refractivity contribution in [1.82, 2.24) is 14.9 Å². The van der Waals surface area contributed by atoms with Gasteiger partial charge >= 0.3 is 17.6 Å². The summed E-state index contributed by atoms with van der Waals surface area (Å²) >= 11 is 0. The third-order valence-corrected chi connectivity index (χ3v) is 10.8. The van der Waals surface area contributed by atoms with Gasteiger partial charge < -0.3 is 25.3 Å². The minimum Gasteiger partial charge on any atom is -0.463 e. The van der Waals surface area contributed by atoms with E-state index in [9.17, 15) is 24.0 Å². The van der Waals surface area contributed by atoms with Gasteiger partial charge in [0, 0.05) is 18.2 Å². The van der Waals surface area contributed by atoms with Crippen molar-refractivity contribution in [1.29, 1.82) is 0 Å². The van der Waals surface area contributed by atoms with Crippen molar-refractivity contribution in [3.05, 3.63) is 140 Å². The monoisotopic (exact) mass is 752 g/mol. The highest BCUT2D eigenvalue weighted by Gasteiger charge is 2.44. The fourth-order valence-electron chi connectivity index (χ4n) is 7.02. The number of aryl methyl sites for hydroxylation is 1. The molecule has 1 aliphatic rings. The van der Waals surface area contributed by atoms with E-state index in [2.05, 4.69) is 10.3 Å². The van der Waals surface area contributed by atoms with E-state index >= 15 is 0 Å². The van der Waals surface area contributed by atoms with Crippen LogP contribution in [0.3, 0.4) is 0 Å². The van der Waals surface area contributed by atoms with Crippen molar-refractivity contribution < 1.29 is 28.6 Å². The molecule has 5 rings (SSSR count). The molecule has 0 bridgehead atoms. The maximum absolute atomic E-state index is 14.1. The van der Waals surface area contributed by atoms with E-state index in [0.717, 1.165) is 16.7 Å². The Morgan fingerprint density at radius 1 is 0.891 bits per heavy atom. The van der Waals surface area contributed by atoms with Gasteiger partial charge in [-0.05, 0) is 35.4 Å². The second kappa shape index (κ2) is 18.3. The first-order valence-electron chi connectivity index (χ1n) is 19.0. The molecule has 12 heteroatoms. The van der Waals surface area contributed by atoms with Crippen LogP contribution in [0.1, 0.15) is 81.9 Å². The third-order valence-electron chi connectivity index (χ3n) is 10.8. The summed E-state index contributed by atoms with van der Waals surface area (Å²) in [5.74, 6) is -2.11. The third kappa shape index (κ3) is 9.32. The zero-order valence-electron chi connectivity index (χ0n) is 32.1. The number of rotatable bonds is 16. The van der Waals surface area contributed by atoms with Gasteiger partial charge in [-0.15, -0.1) is 0 Å². The molecule has 1 saturated heterocycles. The van der Waals surface area contributed by atoms with E-state index in [-0.39, 0.29) is 36.8 Å². The number of amides is 1. The number of carbonyl (C=O) groups excluding carboxylic acids is 3. The molecule has 1 fully saturated rings. The number of hydrogen-bond acceptors (Lipinski definition) is 9. The molecular formula is C43H52N4O8. The van der Waals surface area contributed by atoms with Crippen LogP contribution in [-0.2, 0) is 34.0 Å². The molecule has 4 N–H and O–H groups in total. The summed E-state index contributed by atoms with van der Waals surface area (Å²) in [4.78, 5) is 68.5. The number of H-pyrrole nitrogens is 1. The van der Waals surface area contributed by atoms with Crippen LogP contribution in [0.2, 0.25) is 0 Å². The number of aromatic amines is 1. The quantitative estimate of drug-likeness (QED) is 0.106. The SMILES string of the molecule is CCC(C)[C@H](N)C(=O)N[C@H](C(=O)O[C@H]1C[C@H](n2cc(C)c(=O)[nH]c2=O)O[C@@H]1COC(=O)CC(c1ccccc1)(c1ccccc1)c1ccccc1)C(C)CC. The van der Waals surface area contributed by atoms with E-state index in [1.807, 2.05) is 119 Å². The Morgan fingerprint density at radius 2 is 1.42 bits per heavy atom. The summed E-state index contributed by atoms with van der Waals surface area (Å²) in [7, 11) is 0. The smallest absolute Gasteiger partial charge is 0.330 e. The van der Waals surface area contributed by atoms with Gasteiger partial charge in [-0.3, -0.25) is 23.9 Å². The van der Waals surface area contributed by atoms with Crippen LogP contribution in [-0.4, -0.2) is 58.3 Å². The fourth-order valence-corrected chi connectivity index (χ4v) is 7.02. The van der Waals surface area contributed by atoms with Crippen LogP contribution in [0.5, 0.6) is 0 Å². The van der Waals surface area contributed by atoms with Crippen molar-refractivity contribution in [3.8, 4) is 0 Å². The van der Waals surface area contributed by atoms with Gasteiger partial charge in [0.25, 0.3) is 5.56 Å². The van der Waals surface area contributed by atoms with Crippen LogP contribution < -0.4 is 22.3 Å². The molecule has 4 aromatic rings. The number of aromatic nitrogens is 2. The van der Waals surface area contributed by atoms with Crippen molar-refractivity contribution >= 4 is 17.8 Å². The zero-order valence-corrected chi connectivity index (χ0v) is 32.1. The van der Waals surface area contributed by atoms with E-state index in [1.165, 1.54) is 10.8 Å². The summed E-state index contributed by atoms with van der Waals surface area (Å²) in [6.45, 7) is 8.78. The fraction of sp³-hybridized carbons (Fsp3) is 0.419. The van der Waals surface area contributed by atoms with Crippen LogP contribution in [0.15, 0.2) is 107 Å². The predicted molar refractivity (Wildman–Crippen MR) is 208 cm³/mol. The summed E-state index contributed by atoms with van der Waals surface area (Å²) in [5, 5.41) is 2.80. The molecule has 12 nitrogen and oxygen atoms in total. The lowest BCUT2D eigenvalue weighted by atomic mass is 9.67. The molecule has 2 heterocycles. The molecule has 1 amide bonds. The van der Waals surface area contributed by atoms with Gasteiger partial charge in [-0.25, -0.2) is 9.59 Å². The van der Waals surface area contributed by atoms with Crippen molar-refractivity contribution in [2.45, 2.75) is 96.2 Å². The van der Waals surface area contributed by atoms with Gasteiger partial charge in [0.15, 0.2) is 0 Å². The number of carbonyl (C=O) groups is 3. The molecule has 3 aromatic carbocycles. The molecule has 7 atom stereocenters. The molecule has 1 aromatic heterocycles. The van der Waals surface area contributed by atoms with Crippen LogP contribution in [0.4, 0.5) is 0 Å². The highest BCUT2D eigenvalue weighted by Crippen LogP contribution is 2.42. The first kappa shape index (κ1) is 40.8. The topological polar surface area (TPSA) is 172 Å². The van der Waals surface area contributed by atoms with Crippen LogP contribution >= 0.6 is 0 Å². The Labute approximate surface area is 321 Å². The number of nitrogens with two attached hydrogens (primary N) is 1. The van der Waals surface area contributed by atoms with Crippen LogP contribution in [0.25, 0.3) is 0 Å². The molecule has 2 unspecified atom stereocenters. The average molecular weight is 753 g/mol. The van der Waals surface area contributed by atoms with Gasteiger partial charge in [-0.2, -0.15) is 0 Å². The number of nitrogens with zero attached hydrogens (tertiary/aromatic N) is 1. The molecule has 0 aliphatic carbocycles. The van der Waals surface area contributed by atoms with Crippen molar-refractivity contribution in [2.24, 2.45) is 17.6 Å².